The smallest absolute Gasteiger partial charge is 0.185 e. The molecule has 0 aliphatic rings. The first-order valence-corrected chi connectivity index (χ1v) is 6.64. The lowest BCUT2D eigenvalue weighted by atomic mass is 10.1. The van der Waals surface area contributed by atoms with Crippen LogP contribution in [0.2, 0.25) is 0 Å². The first-order chi connectivity index (χ1) is 10.2. The monoisotopic (exact) mass is 276 g/mol. The van der Waals surface area contributed by atoms with Crippen LogP contribution < -0.4 is 4.74 Å². The Kier molecular flexibility index (Phi) is 4.95. The van der Waals surface area contributed by atoms with Gasteiger partial charge in [0.05, 0.1) is 0 Å². The Morgan fingerprint density at radius 1 is 1.24 bits per heavy atom. The molecule has 0 fully saturated rings. The molecule has 0 aromatic heterocycles. The Bertz CT molecular complexity index is 688. The van der Waals surface area contributed by atoms with E-state index in [4.69, 9.17) is 11.2 Å². The molecule has 0 saturated carbocycles. The quantitative estimate of drug-likeness (QED) is 0.470. The van der Waals surface area contributed by atoms with E-state index in [9.17, 15) is 4.79 Å². The van der Waals surface area contributed by atoms with Gasteiger partial charge in [-0.25, -0.2) is 0 Å². The molecule has 0 radical (unpaired) electrons. The van der Waals surface area contributed by atoms with E-state index in [-0.39, 0.29) is 12.4 Å². The first-order valence-electron chi connectivity index (χ1n) is 6.64. The van der Waals surface area contributed by atoms with Crippen molar-refractivity contribution in [2.45, 2.75) is 6.92 Å². The molecule has 2 rings (SSSR count). The maximum absolute atomic E-state index is 12.0. The van der Waals surface area contributed by atoms with Crippen molar-refractivity contribution < 1.29 is 9.53 Å². The van der Waals surface area contributed by atoms with E-state index in [0.717, 1.165) is 11.1 Å². The summed E-state index contributed by atoms with van der Waals surface area (Å²) in [5.41, 5.74) is 2.70. The zero-order chi connectivity index (χ0) is 15.1. The number of carbonyl (C=O) groups is 1. The molecule has 0 aliphatic carbocycles. The van der Waals surface area contributed by atoms with Crippen molar-refractivity contribution >= 4 is 11.9 Å². The van der Waals surface area contributed by atoms with Crippen LogP contribution in [0.4, 0.5) is 0 Å². The third kappa shape index (κ3) is 4.36. The number of hydrogen-bond acceptors (Lipinski definition) is 2. The normalized spacial score (nSPS) is 10.3. The summed E-state index contributed by atoms with van der Waals surface area (Å²) in [6.07, 6.45) is 8.48. The minimum Gasteiger partial charge on any atom is -0.481 e. The second-order valence-electron chi connectivity index (χ2n) is 4.63. The molecule has 2 nitrogen and oxygen atoms in total. The van der Waals surface area contributed by atoms with E-state index in [1.807, 2.05) is 55.5 Å². The van der Waals surface area contributed by atoms with Gasteiger partial charge in [0.2, 0.25) is 0 Å². The summed E-state index contributed by atoms with van der Waals surface area (Å²) in [6, 6.07) is 14.9. The number of allylic oxidation sites excluding steroid dienone is 1. The summed E-state index contributed by atoms with van der Waals surface area (Å²) in [7, 11) is 0. The molecular formula is C19H16O2. The Labute approximate surface area is 125 Å². The van der Waals surface area contributed by atoms with Gasteiger partial charge in [0.15, 0.2) is 5.78 Å². The number of ketones is 1. The predicted octanol–water partition coefficient (Wildman–Crippen LogP) is 3.90. The standard InChI is InChI=1S/C19H16O2/c1-3-13-21-18-6-4-5-16(14-18)9-12-19(20)17-10-7-15(2)8-11-17/h1,4-12,14H,13H2,2H3/b12-9+. The number of hydrogen-bond donors (Lipinski definition) is 0. The van der Waals surface area contributed by atoms with Crippen LogP contribution in [-0.4, -0.2) is 12.4 Å². The maximum atomic E-state index is 12.0. The molecule has 0 unspecified atom stereocenters. The highest BCUT2D eigenvalue weighted by Gasteiger charge is 2.01. The largest absolute Gasteiger partial charge is 0.481 e. The molecule has 2 heteroatoms. The Balaban J connectivity index is 2.08. The van der Waals surface area contributed by atoms with Crippen molar-refractivity contribution in [2.24, 2.45) is 0 Å². The summed E-state index contributed by atoms with van der Waals surface area (Å²) in [5.74, 6) is 3.09. The van der Waals surface area contributed by atoms with Crippen molar-refractivity contribution in [1.29, 1.82) is 0 Å². The molecule has 2 aromatic carbocycles. The van der Waals surface area contributed by atoms with Crippen LogP contribution in [0.5, 0.6) is 5.75 Å². The lowest BCUT2D eigenvalue weighted by molar-refractivity contribution is 0.104. The minimum atomic E-state index is -0.0232. The average Bonchev–Trinajstić information content (AvgIpc) is 2.52. The molecule has 0 amide bonds. The van der Waals surface area contributed by atoms with E-state index >= 15 is 0 Å². The van der Waals surface area contributed by atoms with Crippen LogP contribution in [-0.2, 0) is 0 Å². The highest BCUT2D eigenvalue weighted by molar-refractivity contribution is 6.06. The highest BCUT2D eigenvalue weighted by atomic mass is 16.5. The molecule has 104 valence electrons. The average molecular weight is 276 g/mol. The summed E-state index contributed by atoms with van der Waals surface area (Å²) < 4.78 is 5.35. The van der Waals surface area contributed by atoms with Crippen LogP contribution >= 0.6 is 0 Å². The molecular weight excluding hydrogens is 260 g/mol. The van der Waals surface area contributed by atoms with Crippen LogP contribution in [0.15, 0.2) is 54.6 Å². The van der Waals surface area contributed by atoms with E-state index in [0.29, 0.717) is 11.3 Å². The highest BCUT2D eigenvalue weighted by Crippen LogP contribution is 2.15. The Hall–Kier alpha value is -2.79. The zero-order valence-corrected chi connectivity index (χ0v) is 11.9. The molecule has 0 atom stereocenters. The second-order valence-corrected chi connectivity index (χ2v) is 4.63. The van der Waals surface area contributed by atoms with Gasteiger partial charge in [-0.3, -0.25) is 4.79 Å². The number of ether oxygens (including phenoxy) is 1. The van der Waals surface area contributed by atoms with Gasteiger partial charge in [0, 0.05) is 5.56 Å². The second kappa shape index (κ2) is 7.12. The molecule has 21 heavy (non-hydrogen) atoms. The topological polar surface area (TPSA) is 26.3 Å². The zero-order valence-electron chi connectivity index (χ0n) is 11.9. The van der Waals surface area contributed by atoms with Gasteiger partial charge in [0.25, 0.3) is 0 Å². The van der Waals surface area contributed by atoms with Gasteiger partial charge in [-0.15, -0.1) is 6.42 Å². The van der Waals surface area contributed by atoms with Crippen LogP contribution in [0.1, 0.15) is 21.5 Å². The molecule has 0 heterocycles. The molecule has 0 saturated heterocycles. The van der Waals surface area contributed by atoms with Gasteiger partial charge in [-0.05, 0) is 30.7 Å². The summed E-state index contributed by atoms with van der Waals surface area (Å²) in [6.45, 7) is 2.22. The number of terminal acetylenes is 1. The number of aryl methyl sites for hydroxylation is 1. The van der Waals surface area contributed by atoms with Crippen molar-refractivity contribution in [1.82, 2.24) is 0 Å². The van der Waals surface area contributed by atoms with Crippen LogP contribution in [0, 0.1) is 19.3 Å². The van der Waals surface area contributed by atoms with Gasteiger partial charge in [-0.1, -0.05) is 54.0 Å². The van der Waals surface area contributed by atoms with Crippen molar-refractivity contribution in [3.8, 4) is 18.1 Å². The Morgan fingerprint density at radius 2 is 2.00 bits per heavy atom. The third-order valence-electron chi connectivity index (χ3n) is 2.94. The lowest BCUT2D eigenvalue weighted by Gasteiger charge is -2.02. The van der Waals surface area contributed by atoms with Gasteiger partial charge in [-0.2, -0.15) is 0 Å². The lowest BCUT2D eigenvalue weighted by Crippen LogP contribution is -1.94. The molecule has 0 aliphatic heterocycles. The summed E-state index contributed by atoms with van der Waals surface area (Å²) in [5, 5.41) is 0. The van der Waals surface area contributed by atoms with Crippen molar-refractivity contribution in [3.05, 3.63) is 71.3 Å². The molecule has 2 aromatic rings. The molecule has 0 bridgehead atoms. The van der Waals surface area contributed by atoms with Crippen LogP contribution in [0.3, 0.4) is 0 Å². The van der Waals surface area contributed by atoms with E-state index in [1.165, 1.54) is 0 Å². The van der Waals surface area contributed by atoms with Gasteiger partial charge in [0.1, 0.15) is 12.4 Å². The molecule has 0 N–H and O–H groups in total. The fourth-order valence-electron chi connectivity index (χ4n) is 1.82. The fraction of sp³-hybridized carbons (Fsp3) is 0.105. The summed E-state index contributed by atoms with van der Waals surface area (Å²) in [4.78, 5) is 12.0. The number of benzene rings is 2. The first kappa shape index (κ1) is 14.6. The SMILES string of the molecule is C#CCOc1cccc(/C=C/C(=O)c2ccc(C)cc2)c1. The van der Waals surface area contributed by atoms with Crippen molar-refractivity contribution in [3.63, 3.8) is 0 Å². The fourth-order valence-corrected chi connectivity index (χ4v) is 1.82. The molecule has 0 spiro atoms. The number of rotatable bonds is 5. The van der Waals surface area contributed by atoms with Crippen LogP contribution in [0.25, 0.3) is 6.08 Å². The summed E-state index contributed by atoms with van der Waals surface area (Å²) >= 11 is 0. The Morgan fingerprint density at radius 3 is 2.71 bits per heavy atom. The van der Waals surface area contributed by atoms with E-state index in [1.54, 1.807) is 12.2 Å². The van der Waals surface area contributed by atoms with Gasteiger partial charge >= 0.3 is 0 Å². The maximum Gasteiger partial charge on any atom is 0.185 e. The van der Waals surface area contributed by atoms with Crippen molar-refractivity contribution in [2.75, 3.05) is 6.61 Å². The predicted molar refractivity (Wildman–Crippen MR) is 85.3 cm³/mol. The van der Waals surface area contributed by atoms with E-state index in [2.05, 4.69) is 5.92 Å². The number of carbonyl (C=O) groups excluding carboxylic acids is 1. The minimum absolute atomic E-state index is 0.0232. The van der Waals surface area contributed by atoms with E-state index < -0.39 is 0 Å². The van der Waals surface area contributed by atoms with Gasteiger partial charge < -0.3 is 4.74 Å². The third-order valence-corrected chi connectivity index (χ3v) is 2.94.